The largest absolute Gasteiger partial charge is 0.490 e. The molecule has 0 aliphatic carbocycles. The second kappa shape index (κ2) is 10.8. The van der Waals surface area contributed by atoms with E-state index in [1.807, 2.05) is 50.2 Å². The van der Waals surface area contributed by atoms with Crippen molar-refractivity contribution in [1.29, 1.82) is 0 Å². The molecule has 0 heterocycles. The average Bonchev–Trinajstić information content (AvgIpc) is 2.67. The Labute approximate surface area is 169 Å². The molecule has 0 fully saturated rings. The maximum Gasteiger partial charge on any atom is 0.258 e. The molecule has 0 unspecified atom stereocenters. The molecule has 0 aromatic heterocycles. The van der Waals surface area contributed by atoms with Crippen LogP contribution in [-0.4, -0.2) is 25.7 Å². The number of amides is 1. The maximum atomic E-state index is 12.1. The van der Waals surface area contributed by atoms with E-state index in [0.717, 1.165) is 16.5 Å². The number of hydrogen-bond donors (Lipinski definition) is 1. The van der Waals surface area contributed by atoms with Gasteiger partial charge in [0.2, 0.25) is 0 Å². The Bertz CT molecular complexity index is 764. The first-order valence-corrected chi connectivity index (χ1v) is 9.93. The first-order valence-electron chi connectivity index (χ1n) is 9.13. The fourth-order valence-electron chi connectivity index (χ4n) is 2.48. The number of aryl methyl sites for hydroxylation is 1. The van der Waals surface area contributed by atoms with E-state index in [4.69, 9.17) is 14.2 Å². The topological polar surface area (TPSA) is 56.8 Å². The van der Waals surface area contributed by atoms with Gasteiger partial charge in [0.15, 0.2) is 18.1 Å². The van der Waals surface area contributed by atoms with Crippen molar-refractivity contribution >= 4 is 21.8 Å². The van der Waals surface area contributed by atoms with Crippen LogP contribution in [0, 0.1) is 0 Å². The monoisotopic (exact) mass is 435 g/mol. The van der Waals surface area contributed by atoms with Crippen molar-refractivity contribution in [2.45, 2.75) is 33.7 Å². The van der Waals surface area contributed by atoms with Crippen LogP contribution in [0.25, 0.3) is 0 Å². The molecule has 2 rings (SSSR count). The summed E-state index contributed by atoms with van der Waals surface area (Å²) in [6.07, 6.45) is 0.950. The minimum Gasteiger partial charge on any atom is -0.490 e. The molecule has 0 saturated heterocycles. The van der Waals surface area contributed by atoms with Crippen molar-refractivity contribution in [2.24, 2.45) is 0 Å². The van der Waals surface area contributed by atoms with Gasteiger partial charge in [-0.2, -0.15) is 0 Å². The van der Waals surface area contributed by atoms with Crippen molar-refractivity contribution in [1.82, 2.24) is 5.32 Å². The van der Waals surface area contributed by atoms with Gasteiger partial charge in [-0.25, -0.2) is 0 Å². The van der Waals surface area contributed by atoms with Crippen LogP contribution < -0.4 is 19.5 Å². The Morgan fingerprint density at radius 2 is 1.56 bits per heavy atom. The minimum absolute atomic E-state index is 0.0422. The molecular formula is C21H26BrNO4. The van der Waals surface area contributed by atoms with Gasteiger partial charge in [0.25, 0.3) is 5.91 Å². The SMILES string of the molecule is CCOc1ccc(CNC(=O)COc2ccc(CC)cc2Br)cc1OCC. The number of carbonyl (C=O) groups excluding carboxylic acids is 1. The van der Waals surface area contributed by atoms with Gasteiger partial charge >= 0.3 is 0 Å². The van der Waals surface area contributed by atoms with Crippen LogP contribution in [0.1, 0.15) is 31.9 Å². The predicted molar refractivity (Wildman–Crippen MR) is 110 cm³/mol. The third-order valence-electron chi connectivity index (χ3n) is 3.86. The lowest BCUT2D eigenvalue weighted by Gasteiger charge is -2.13. The van der Waals surface area contributed by atoms with Gasteiger partial charge in [-0.3, -0.25) is 4.79 Å². The summed E-state index contributed by atoms with van der Waals surface area (Å²) in [6.45, 7) is 7.42. The Hall–Kier alpha value is -2.21. The number of halogens is 1. The number of nitrogens with one attached hydrogen (secondary N) is 1. The molecule has 0 radical (unpaired) electrons. The zero-order chi connectivity index (χ0) is 19.6. The number of benzene rings is 2. The van der Waals surface area contributed by atoms with Crippen LogP contribution in [0.4, 0.5) is 0 Å². The van der Waals surface area contributed by atoms with Crippen LogP contribution in [0.3, 0.4) is 0 Å². The lowest BCUT2D eigenvalue weighted by atomic mass is 10.2. The number of rotatable bonds is 10. The molecule has 1 amide bonds. The highest BCUT2D eigenvalue weighted by atomic mass is 79.9. The number of carbonyl (C=O) groups is 1. The first-order chi connectivity index (χ1) is 13.1. The summed E-state index contributed by atoms with van der Waals surface area (Å²) < 4.78 is 17.6. The predicted octanol–water partition coefficient (Wildman–Crippen LogP) is 4.50. The third kappa shape index (κ3) is 6.47. The molecule has 0 spiro atoms. The molecule has 6 heteroatoms. The molecule has 2 aromatic rings. The summed E-state index contributed by atoms with van der Waals surface area (Å²) >= 11 is 3.47. The smallest absolute Gasteiger partial charge is 0.258 e. The van der Waals surface area contributed by atoms with Crippen molar-refractivity contribution in [3.63, 3.8) is 0 Å². The van der Waals surface area contributed by atoms with Crippen molar-refractivity contribution in [3.8, 4) is 17.2 Å². The zero-order valence-corrected chi connectivity index (χ0v) is 17.6. The molecule has 0 atom stereocenters. The second-order valence-electron chi connectivity index (χ2n) is 5.83. The molecule has 2 aromatic carbocycles. The summed E-state index contributed by atoms with van der Waals surface area (Å²) in [5.41, 5.74) is 2.14. The lowest BCUT2D eigenvalue weighted by Crippen LogP contribution is -2.28. The lowest BCUT2D eigenvalue weighted by molar-refractivity contribution is -0.123. The van der Waals surface area contributed by atoms with Gasteiger partial charge in [0.05, 0.1) is 17.7 Å². The highest BCUT2D eigenvalue weighted by molar-refractivity contribution is 9.10. The van der Waals surface area contributed by atoms with E-state index in [1.165, 1.54) is 5.56 Å². The van der Waals surface area contributed by atoms with Gasteiger partial charge < -0.3 is 19.5 Å². The molecule has 5 nitrogen and oxygen atoms in total. The van der Waals surface area contributed by atoms with Gasteiger partial charge in [0.1, 0.15) is 5.75 Å². The van der Waals surface area contributed by atoms with Crippen molar-refractivity contribution in [3.05, 3.63) is 52.0 Å². The second-order valence-corrected chi connectivity index (χ2v) is 6.69. The van der Waals surface area contributed by atoms with E-state index in [-0.39, 0.29) is 12.5 Å². The number of ether oxygens (including phenoxy) is 3. The average molecular weight is 436 g/mol. The standard InChI is InChI=1S/C21H26BrNO4/c1-4-15-7-9-18(17(22)11-15)27-14-21(24)23-13-16-8-10-19(25-5-2)20(12-16)26-6-3/h7-12H,4-6,13-14H2,1-3H3,(H,23,24). The third-order valence-corrected chi connectivity index (χ3v) is 4.48. The van der Waals surface area contributed by atoms with Crippen molar-refractivity contribution < 1.29 is 19.0 Å². The van der Waals surface area contributed by atoms with E-state index < -0.39 is 0 Å². The van der Waals surface area contributed by atoms with Crippen LogP contribution in [0.2, 0.25) is 0 Å². The quantitative estimate of drug-likeness (QED) is 0.596. The molecule has 27 heavy (non-hydrogen) atoms. The van der Waals surface area contributed by atoms with Gasteiger partial charge in [-0.05, 0) is 71.6 Å². The molecular weight excluding hydrogens is 410 g/mol. The number of hydrogen-bond acceptors (Lipinski definition) is 4. The molecule has 1 N–H and O–H groups in total. The van der Waals surface area contributed by atoms with E-state index in [9.17, 15) is 4.79 Å². The van der Waals surface area contributed by atoms with Gasteiger partial charge in [0, 0.05) is 6.54 Å². The Balaban J connectivity index is 1.88. The van der Waals surface area contributed by atoms with E-state index in [2.05, 4.69) is 28.2 Å². The minimum atomic E-state index is -0.187. The Morgan fingerprint density at radius 3 is 2.22 bits per heavy atom. The molecule has 0 saturated carbocycles. The van der Waals surface area contributed by atoms with Crippen LogP contribution in [-0.2, 0) is 17.8 Å². The fraction of sp³-hybridized carbons (Fsp3) is 0.381. The molecule has 0 aliphatic rings. The Morgan fingerprint density at radius 1 is 0.889 bits per heavy atom. The van der Waals surface area contributed by atoms with Crippen LogP contribution in [0.15, 0.2) is 40.9 Å². The summed E-state index contributed by atoms with van der Waals surface area (Å²) in [4.78, 5) is 12.1. The van der Waals surface area contributed by atoms with Crippen LogP contribution >= 0.6 is 15.9 Å². The van der Waals surface area contributed by atoms with E-state index >= 15 is 0 Å². The maximum absolute atomic E-state index is 12.1. The van der Waals surface area contributed by atoms with E-state index in [1.54, 1.807) is 0 Å². The summed E-state index contributed by atoms with van der Waals surface area (Å²) in [5.74, 6) is 1.86. The molecule has 0 aliphatic heterocycles. The summed E-state index contributed by atoms with van der Waals surface area (Å²) in [5, 5.41) is 2.86. The van der Waals surface area contributed by atoms with Crippen LogP contribution in [0.5, 0.6) is 17.2 Å². The molecule has 0 bridgehead atoms. The normalized spacial score (nSPS) is 10.4. The summed E-state index contributed by atoms with van der Waals surface area (Å²) in [7, 11) is 0. The van der Waals surface area contributed by atoms with Crippen molar-refractivity contribution in [2.75, 3.05) is 19.8 Å². The molecule has 146 valence electrons. The van der Waals surface area contributed by atoms with E-state index in [0.29, 0.717) is 37.0 Å². The Kier molecular flexibility index (Phi) is 8.45. The first kappa shape index (κ1) is 21.1. The highest BCUT2D eigenvalue weighted by Crippen LogP contribution is 2.28. The summed E-state index contributed by atoms with van der Waals surface area (Å²) in [6, 6.07) is 11.5. The fourth-order valence-corrected chi connectivity index (χ4v) is 3.02. The van der Waals surface area contributed by atoms with Gasteiger partial charge in [-0.15, -0.1) is 0 Å². The highest BCUT2D eigenvalue weighted by Gasteiger charge is 2.09. The van der Waals surface area contributed by atoms with Gasteiger partial charge in [-0.1, -0.05) is 19.1 Å². The zero-order valence-electron chi connectivity index (χ0n) is 16.0.